The van der Waals surface area contributed by atoms with Crippen molar-refractivity contribution in [1.29, 1.82) is 0 Å². The first-order valence-electron chi connectivity index (χ1n) is 3.78. The van der Waals surface area contributed by atoms with E-state index in [4.69, 9.17) is 15.4 Å². The molecule has 0 atom stereocenters. The number of benzene rings is 1. The molecule has 0 aliphatic carbocycles. The van der Waals surface area contributed by atoms with Crippen LogP contribution in [0.25, 0.3) is 6.08 Å². The average molecular weight is 233 g/mol. The van der Waals surface area contributed by atoms with E-state index in [1.807, 2.05) is 0 Å². The van der Waals surface area contributed by atoms with E-state index in [1.165, 1.54) is 6.08 Å². The zero-order chi connectivity index (χ0) is 10.6. The lowest BCUT2D eigenvalue weighted by molar-refractivity contribution is 0.415. The summed E-state index contributed by atoms with van der Waals surface area (Å²) in [5.74, 6) is 0.718. The first-order valence-corrected chi connectivity index (χ1v) is 6.15. The van der Waals surface area contributed by atoms with Crippen LogP contribution in [0.15, 0.2) is 29.7 Å². The van der Waals surface area contributed by atoms with Gasteiger partial charge in [0.1, 0.15) is 5.75 Å². The molecule has 0 aromatic heterocycles. The minimum absolute atomic E-state index is 0.718. The maximum Gasteiger partial charge on any atom is 0.254 e. The lowest BCUT2D eigenvalue weighted by Crippen LogP contribution is -1.82. The van der Waals surface area contributed by atoms with E-state index in [0.29, 0.717) is 0 Å². The molecule has 0 saturated carbocycles. The van der Waals surface area contributed by atoms with Gasteiger partial charge in [-0.15, -0.1) is 0 Å². The van der Waals surface area contributed by atoms with Gasteiger partial charge in [-0.1, -0.05) is 12.1 Å². The van der Waals surface area contributed by atoms with Crippen molar-refractivity contribution >= 4 is 25.8 Å². The Morgan fingerprint density at radius 3 is 2.29 bits per heavy atom. The van der Waals surface area contributed by atoms with Crippen molar-refractivity contribution < 1.29 is 13.2 Å². The van der Waals surface area contributed by atoms with Crippen molar-refractivity contribution in [3.05, 3.63) is 35.2 Å². The standard InChI is InChI=1S/C9H9ClO3S/c1-13-9-4-2-8(3-5-9)6-7-14(10,11)12/h2-7H,1H3. The highest BCUT2D eigenvalue weighted by atomic mass is 35.7. The fourth-order valence-electron chi connectivity index (χ4n) is 0.875. The molecule has 3 nitrogen and oxygen atoms in total. The second-order valence-corrected chi connectivity index (χ2v) is 5.07. The van der Waals surface area contributed by atoms with Gasteiger partial charge < -0.3 is 4.74 Å². The fourth-order valence-corrected chi connectivity index (χ4v) is 1.35. The summed E-state index contributed by atoms with van der Waals surface area (Å²) >= 11 is 0. The van der Waals surface area contributed by atoms with Gasteiger partial charge in [-0.2, -0.15) is 0 Å². The van der Waals surface area contributed by atoms with Gasteiger partial charge in [0.15, 0.2) is 0 Å². The highest BCUT2D eigenvalue weighted by Crippen LogP contribution is 2.13. The number of hydrogen-bond acceptors (Lipinski definition) is 3. The fraction of sp³-hybridized carbons (Fsp3) is 0.111. The Labute approximate surface area is 87.4 Å². The van der Waals surface area contributed by atoms with Crippen molar-refractivity contribution in [2.45, 2.75) is 0 Å². The lowest BCUT2D eigenvalue weighted by Gasteiger charge is -1.98. The van der Waals surface area contributed by atoms with Crippen LogP contribution in [-0.2, 0) is 9.05 Å². The van der Waals surface area contributed by atoms with E-state index in [2.05, 4.69) is 0 Å². The summed E-state index contributed by atoms with van der Waals surface area (Å²) in [7, 11) is 2.99. The minimum atomic E-state index is -3.58. The maximum atomic E-state index is 10.6. The Morgan fingerprint density at radius 1 is 1.29 bits per heavy atom. The Bertz CT molecular complexity index is 420. The summed E-state index contributed by atoms with van der Waals surface area (Å²) in [5, 5.41) is 0.941. The summed E-state index contributed by atoms with van der Waals surface area (Å²) in [6.45, 7) is 0. The molecule has 14 heavy (non-hydrogen) atoms. The van der Waals surface area contributed by atoms with Gasteiger partial charge in [-0.25, -0.2) is 8.42 Å². The van der Waals surface area contributed by atoms with E-state index in [1.54, 1.807) is 31.4 Å². The normalized spacial score (nSPS) is 11.9. The smallest absolute Gasteiger partial charge is 0.254 e. The molecule has 1 aromatic carbocycles. The Hall–Kier alpha value is -1.00. The first kappa shape index (κ1) is 11.1. The van der Waals surface area contributed by atoms with Crippen LogP contribution in [0.3, 0.4) is 0 Å². The summed E-state index contributed by atoms with van der Waals surface area (Å²) < 4.78 is 26.1. The van der Waals surface area contributed by atoms with Gasteiger partial charge in [0.25, 0.3) is 9.05 Å². The third kappa shape index (κ3) is 3.81. The van der Waals surface area contributed by atoms with E-state index < -0.39 is 9.05 Å². The molecular weight excluding hydrogens is 224 g/mol. The number of rotatable bonds is 3. The molecule has 0 aliphatic heterocycles. The Balaban J connectivity index is 2.84. The number of halogens is 1. The maximum absolute atomic E-state index is 10.6. The number of methoxy groups -OCH3 is 1. The van der Waals surface area contributed by atoms with E-state index in [-0.39, 0.29) is 0 Å². The molecule has 5 heteroatoms. The molecule has 0 aliphatic rings. The van der Waals surface area contributed by atoms with E-state index >= 15 is 0 Å². The second-order valence-electron chi connectivity index (χ2n) is 2.55. The summed E-state index contributed by atoms with van der Waals surface area (Å²) in [6.07, 6.45) is 1.42. The molecule has 76 valence electrons. The highest BCUT2D eigenvalue weighted by molar-refractivity contribution is 8.16. The summed E-state index contributed by atoms with van der Waals surface area (Å²) in [6, 6.07) is 6.94. The molecule has 1 rings (SSSR count). The van der Waals surface area contributed by atoms with Crippen molar-refractivity contribution in [3.63, 3.8) is 0 Å². The lowest BCUT2D eigenvalue weighted by atomic mass is 10.2. The molecule has 0 saturated heterocycles. The first-order chi connectivity index (χ1) is 6.51. The SMILES string of the molecule is COc1ccc(C=CS(=O)(=O)Cl)cc1. The largest absolute Gasteiger partial charge is 0.497 e. The molecule has 0 fully saturated rings. The van der Waals surface area contributed by atoms with Crippen LogP contribution in [-0.4, -0.2) is 15.5 Å². The topological polar surface area (TPSA) is 43.4 Å². The van der Waals surface area contributed by atoms with Gasteiger partial charge >= 0.3 is 0 Å². The van der Waals surface area contributed by atoms with Crippen LogP contribution in [0, 0.1) is 0 Å². The quantitative estimate of drug-likeness (QED) is 0.751. The van der Waals surface area contributed by atoms with E-state index in [9.17, 15) is 8.42 Å². The molecule has 0 heterocycles. The van der Waals surface area contributed by atoms with Gasteiger partial charge in [-0.3, -0.25) is 0 Å². The zero-order valence-corrected chi connectivity index (χ0v) is 9.05. The summed E-state index contributed by atoms with van der Waals surface area (Å²) in [4.78, 5) is 0. The molecule has 0 amide bonds. The third-order valence-electron chi connectivity index (χ3n) is 1.54. The third-order valence-corrected chi connectivity index (χ3v) is 2.31. The second kappa shape index (κ2) is 4.48. The number of ether oxygens (including phenoxy) is 1. The van der Waals surface area contributed by atoms with Crippen LogP contribution in [0.5, 0.6) is 5.75 Å². The summed E-state index contributed by atoms with van der Waals surface area (Å²) in [5.41, 5.74) is 0.745. The van der Waals surface area contributed by atoms with Crippen LogP contribution >= 0.6 is 10.7 Å². The minimum Gasteiger partial charge on any atom is -0.497 e. The Kier molecular flexibility index (Phi) is 3.55. The molecule has 0 unspecified atom stereocenters. The van der Waals surface area contributed by atoms with Crippen LogP contribution in [0.2, 0.25) is 0 Å². The van der Waals surface area contributed by atoms with Crippen LogP contribution in [0.4, 0.5) is 0 Å². The van der Waals surface area contributed by atoms with Crippen LogP contribution in [0.1, 0.15) is 5.56 Å². The van der Waals surface area contributed by atoms with Gasteiger partial charge in [0.05, 0.1) is 7.11 Å². The van der Waals surface area contributed by atoms with Crippen molar-refractivity contribution in [2.75, 3.05) is 7.11 Å². The van der Waals surface area contributed by atoms with Gasteiger partial charge in [0, 0.05) is 16.1 Å². The van der Waals surface area contributed by atoms with Crippen molar-refractivity contribution in [2.24, 2.45) is 0 Å². The average Bonchev–Trinajstić information content (AvgIpc) is 2.14. The molecule has 0 radical (unpaired) electrons. The monoisotopic (exact) mass is 232 g/mol. The molecule has 0 spiro atoms. The molecule has 0 bridgehead atoms. The van der Waals surface area contributed by atoms with Crippen LogP contribution < -0.4 is 4.74 Å². The molecular formula is C9H9ClO3S. The molecule has 0 N–H and O–H groups in total. The molecule has 1 aromatic rings. The predicted molar refractivity (Wildman–Crippen MR) is 56.8 cm³/mol. The predicted octanol–water partition coefficient (Wildman–Crippen LogP) is 2.23. The van der Waals surface area contributed by atoms with Crippen molar-refractivity contribution in [1.82, 2.24) is 0 Å². The van der Waals surface area contributed by atoms with Gasteiger partial charge in [-0.05, 0) is 23.8 Å². The van der Waals surface area contributed by atoms with E-state index in [0.717, 1.165) is 16.7 Å². The Morgan fingerprint density at radius 2 is 1.86 bits per heavy atom. The number of hydrogen-bond donors (Lipinski definition) is 0. The highest BCUT2D eigenvalue weighted by Gasteiger charge is 1.96. The zero-order valence-electron chi connectivity index (χ0n) is 7.48. The van der Waals surface area contributed by atoms with Gasteiger partial charge in [0.2, 0.25) is 0 Å². The van der Waals surface area contributed by atoms with Crippen molar-refractivity contribution in [3.8, 4) is 5.75 Å².